The van der Waals surface area contributed by atoms with E-state index in [1.165, 1.54) is 12.8 Å². The maximum Gasteiger partial charge on any atom is 0.246 e. The Bertz CT molecular complexity index is 603. The van der Waals surface area contributed by atoms with Crippen LogP contribution in [0.2, 0.25) is 5.02 Å². The topological polar surface area (TPSA) is 64.9 Å². The molecule has 1 aromatic heterocycles. The fourth-order valence-electron chi connectivity index (χ4n) is 2.91. The molecule has 0 bridgehead atoms. The molecule has 1 fully saturated rings. The van der Waals surface area contributed by atoms with Crippen LogP contribution in [0.4, 0.5) is 0 Å². The zero-order valence-corrected chi connectivity index (χ0v) is 12.8. The molecular formula is C16H20ClN3O. The van der Waals surface area contributed by atoms with Gasteiger partial charge in [-0.2, -0.15) is 4.98 Å². The van der Waals surface area contributed by atoms with E-state index in [1.807, 2.05) is 24.3 Å². The van der Waals surface area contributed by atoms with Gasteiger partial charge in [-0.3, -0.25) is 0 Å². The van der Waals surface area contributed by atoms with E-state index in [0.29, 0.717) is 18.1 Å². The van der Waals surface area contributed by atoms with Crippen molar-refractivity contribution in [3.63, 3.8) is 0 Å². The molecule has 2 aromatic rings. The molecule has 0 aliphatic heterocycles. The van der Waals surface area contributed by atoms with E-state index in [-0.39, 0.29) is 0 Å². The second-order valence-electron chi connectivity index (χ2n) is 5.85. The lowest BCUT2D eigenvalue weighted by Crippen LogP contribution is -2.36. The van der Waals surface area contributed by atoms with Crippen LogP contribution in [0.1, 0.15) is 55.8 Å². The molecule has 4 nitrogen and oxygen atoms in total. The minimum atomic E-state index is -0.456. The van der Waals surface area contributed by atoms with Gasteiger partial charge in [-0.05, 0) is 24.5 Å². The SMILES string of the molecule is NC1(c2nc(Cc3ccccc3Cl)no2)CCCCCC1. The number of nitrogens with two attached hydrogens (primary N) is 1. The third kappa shape index (κ3) is 3.27. The molecule has 3 rings (SSSR count). The summed E-state index contributed by atoms with van der Waals surface area (Å²) < 4.78 is 5.45. The molecule has 1 aliphatic rings. The maximum atomic E-state index is 6.49. The summed E-state index contributed by atoms with van der Waals surface area (Å²) in [6.07, 6.45) is 7.12. The Morgan fingerprint density at radius 2 is 1.86 bits per heavy atom. The standard InChI is InChI=1S/C16H20ClN3O/c17-13-8-4-3-7-12(13)11-14-19-15(21-20-14)16(18)9-5-1-2-6-10-16/h3-4,7-8H,1-2,5-6,9-11,18H2. The monoisotopic (exact) mass is 305 g/mol. The predicted molar refractivity (Wildman–Crippen MR) is 82.1 cm³/mol. The van der Waals surface area contributed by atoms with Crippen LogP contribution in [0.3, 0.4) is 0 Å². The van der Waals surface area contributed by atoms with Crippen molar-refractivity contribution in [2.45, 2.75) is 50.5 Å². The quantitative estimate of drug-likeness (QED) is 0.875. The van der Waals surface area contributed by atoms with Crippen LogP contribution in [0.15, 0.2) is 28.8 Å². The average Bonchev–Trinajstić information content (AvgIpc) is 2.84. The lowest BCUT2D eigenvalue weighted by atomic mass is 9.91. The van der Waals surface area contributed by atoms with Crippen LogP contribution in [0.25, 0.3) is 0 Å². The highest BCUT2D eigenvalue weighted by Crippen LogP contribution is 2.32. The summed E-state index contributed by atoms with van der Waals surface area (Å²) in [6.45, 7) is 0. The van der Waals surface area contributed by atoms with Crippen LogP contribution in [-0.4, -0.2) is 10.1 Å². The average molecular weight is 306 g/mol. The van der Waals surface area contributed by atoms with Gasteiger partial charge in [-0.1, -0.05) is 60.6 Å². The van der Waals surface area contributed by atoms with E-state index in [1.54, 1.807) is 0 Å². The molecule has 5 heteroatoms. The highest BCUT2D eigenvalue weighted by atomic mass is 35.5. The second-order valence-corrected chi connectivity index (χ2v) is 6.26. The van der Waals surface area contributed by atoms with Gasteiger partial charge in [0.1, 0.15) is 0 Å². The summed E-state index contributed by atoms with van der Waals surface area (Å²) in [6, 6.07) is 7.71. The lowest BCUT2D eigenvalue weighted by Gasteiger charge is -2.22. The minimum absolute atomic E-state index is 0.456. The molecule has 0 unspecified atom stereocenters. The fourth-order valence-corrected chi connectivity index (χ4v) is 3.12. The van der Waals surface area contributed by atoms with Gasteiger partial charge < -0.3 is 10.3 Å². The first kappa shape index (κ1) is 14.5. The molecule has 0 radical (unpaired) electrons. The van der Waals surface area contributed by atoms with Crippen molar-refractivity contribution >= 4 is 11.6 Å². The zero-order chi connectivity index (χ0) is 14.7. The van der Waals surface area contributed by atoms with Crippen molar-refractivity contribution in [3.8, 4) is 0 Å². The highest BCUT2D eigenvalue weighted by molar-refractivity contribution is 6.31. The smallest absolute Gasteiger partial charge is 0.246 e. The third-order valence-electron chi connectivity index (χ3n) is 4.20. The number of aromatic nitrogens is 2. The van der Waals surface area contributed by atoms with E-state index in [2.05, 4.69) is 10.1 Å². The molecule has 1 heterocycles. The molecule has 0 atom stereocenters. The van der Waals surface area contributed by atoms with Gasteiger partial charge in [-0.25, -0.2) is 0 Å². The van der Waals surface area contributed by atoms with Gasteiger partial charge in [0.25, 0.3) is 0 Å². The van der Waals surface area contributed by atoms with Crippen molar-refractivity contribution in [1.82, 2.24) is 10.1 Å². The van der Waals surface area contributed by atoms with E-state index in [9.17, 15) is 0 Å². The first-order chi connectivity index (χ1) is 10.2. The number of rotatable bonds is 3. The van der Waals surface area contributed by atoms with Gasteiger partial charge in [-0.15, -0.1) is 0 Å². The summed E-state index contributed by atoms with van der Waals surface area (Å²) in [4.78, 5) is 4.52. The first-order valence-electron chi connectivity index (χ1n) is 7.53. The number of hydrogen-bond acceptors (Lipinski definition) is 4. The molecule has 1 saturated carbocycles. The van der Waals surface area contributed by atoms with Gasteiger partial charge in [0.05, 0.1) is 5.54 Å². The van der Waals surface area contributed by atoms with Crippen LogP contribution in [0, 0.1) is 0 Å². The Hall–Kier alpha value is -1.39. The summed E-state index contributed by atoms with van der Waals surface area (Å²) in [5, 5.41) is 4.80. The van der Waals surface area contributed by atoms with E-state index >= 15 is 0 Å². The van der Waals surface area contributed by atoms with Gasteiger partial charge in [0.2, 0.25) is 5.89 Å². The molecule has 112 valence electrons. The van der Waals surface area contributed by atoms with Crippen LogP contribution >= 0.6 is 11.6 Å². The Labute approximate surface area is 129 Å². The Morgan fingerprint density at radius 3 is 2.57 bits per heavy atom. The molecule has 1 aromatic carbocycles. The highest BCUT2D eigenvalue weighted by Gasteiger charge is 2.34. The van der Waals surface area contributed by atoms with Crippen molar-refractivity contribution < 1.29 is 4.52 Å². The second kappa shape index (κ2) is 6.16. The summed E-state index contributed by atoms with van der Waals surface area (Å²) in [5.41, 5.74) is 7.04. The van der Waals surface area contributed by atoms with Crippen molar-refractivity contribution in [2.24, 2.45) is 5.73 Å². The Balaban J connectivity index is 1.78. The van der Waals surface area contributed by atoms with Gasteiger partial charge >= 0.3 is 0 Å². The van der Waals surface area contributed by atoms with Gasteiger partial charge in [0.15, 0.2) is 5.82 Å². The Kier molecular flexibility index (Phi) is 4.27. The fraction of sp³-hybridized carbons (Fsp3) is 0.500. The number of halogens is 1. The van der Waals surface area contributed by atoms with Crippen LogP contribution < -0.4 is 5.73 Å². The molecule has 2 N–H and O–H groups in total. The zero-order valence-electron chi connectivity index (χ0n) is 12.0. The molecular weight excluding hydrogens is 286 g/mol. The molecule has 0 amide bonds. The lowest BCUT2D eigenvalue weighted by molar-refractivity contribution is 0.256. The van der Waals surface area contributed by atoms with E-state index < -0.39 is 5.54 Å². The Morgan fingerprint density at radius 1 is 1.14 bits per heavy atom. The van der Waals surface area contributed by atoms with Crippen LogP contribution in [-0.2, 0) is 12.0 Å². The molecule has 0 spiro atoms. The summed E-state index contributed by atoms with van der Waals surface area (Å²) in [5.74, 6) is 1.22. The van der Waals surface area contributed by atoms with Crippen molar-refractivity contribution in [1.29, 1.82) is 0 Å². The third-order valence-corrected chi connectivity index (χ3v) is 4.56. The van der Waals surface area contributed by atoms with E-state index in [0.717, 1.165) is 36.3 Å². The minimum Gasteiger partial charge on any atom is -0.337 e. The predicted octanol–water partition coefficient (Wildman–Crippen LogP) is 3.82. The van der Waals surface area contributed by atoms with E-state index in [4.69, 9.17) is 21.9 Å². The molecule has 1 aliphatic carbocycles. The normalized spacial score (nSPS) is 18.4. The number of hydrogen-bond donors (Lipinski definition) is 1. The first-order valence-corrected chi connectivity index (χ1v) is 7.90. The van der Waals surface area contributed by atoms with Crippen molar-refractivity contribution in [2.75, 3.05) is 0 Å². The largest absolute Gasteiger partial charge is 0.337 e. The molecule has 21 heavy (non-hydrogen) atoms. The number of nitrogens with zero attached hydrogens (tertiary/aromatic N) is 2. The van der Waals surface area contributed by atoms with Gasteiger partial charge in [0, 0.05) is 11.4 Å². The molecule has 0 saturated heterocycles. The maximum absolute atomic E-state index is 6.49. The van der Waals surface area contributed by atoms with Crippen LogP contribution in [0.5, 0.6) is 0 Å². The number of benzene rings is 1. The summed E-state index contributed by atoms with van der Waals surface area (Å²) >= 11 is 6.17. The van der Waals surface area contributed by atoms with Crippen molar-refractivity contribution in [3.05, 3.63) is 46.6 Å². The summed E-state index contributed by atoms with van der Waals surface area (Å²) in [7, 11) is 0.